The summed E-state index contributed by atoms with van der Waals surface area (Å²) in [6, 6.07) is 1.38. The Morgan fingerprint density at radius 3 is 2.29 bits per heavy atom. The van der Waals surface area contributed by atoms with Crippen molar-refractivity contribution in [3.63, 3.8) is 0 Å². The highest BCUT2D eigenvalue weighted by atomic mass is 35.5. The van der Waals surface area contributed by atoms with Crippen LogP contribution in [0.15, 0.2) is 11.1 Å². The number of hydrogen-bond donors (Lipinski definition) is 1. The summed E-state index contributed by atoms with van der Waals surface area (Å²) >= 11 is 17.3. The Hall–Kier alpha value is -0.440. The number of hydrogen-bond acceptors (Lipinski definition) is 2. The van der Waals surface area contributed by atoms with E-state index in [4.69, 9.17) is 34.8 Å². The van der Waals surface area contributed by atoms with Crippen LogP contribution < -0.4 is 0 Å². The average Bonchev–Trinajstić information content (AvgIpc) is 2.09. The lowest BCUT2D eigenvalue weighted by Crippen LogP contribution is -1.82. The maximum Gasteiger partial charge on any atom is 0.161 e. The van der Waals surface area contributed by atoms with E-state index in [1.54, 1.807) is 13.8 Å². The van der Waals surface area contributed by atoms with E-state index in [9.17, 15) is 5.11 Å². The molecule has 0 aromatic heterocycles. The lowest BCUT2D eigenvalue weighted by Gasteiger charge is -2.06. The summed E-state index contributed by atoms with van der Waals surface area (Å²) < 4.78 is 0. The molecule has 0 fully saturated rings. The van der Waals surface area contributed by atoms with E-state index in [2.05, 4.69) is 4.99 Å². The molecule has 0 heterocycles. The van der Waals surface area contributed by atoms with Crippen molar-refractivity contribution >= 4 is 46.2 Å². The fraction of sp³-hybridized carbons (Fsp3) is 0.222. The van der Waals surface area contributed by atoms with E-state index in [1.165, 1.54) is 6.07 Å². The molecule has 1 N–H and O–H groups in total. The first-order chi connectivity index (χ1) is 6.43. The van der Waals surface area contributed by atoms with Crippen LogP contribution in [-0.2, 0) is 0 Å². The van der Waals surface area contributed by atoms with E-state index < -0.39 is 0 Å². The standard InChI is InChI=1S/C9H8Cl3NO/c1-4(2)13-8-7(12)5(10)3-6(11)9(8)14/h3,14H,1-2H3. The SMILES string of the molecule is CC(C)=Nc1c(O)c(Cl)cc(Cl)c1Cl. The molecule has 0 saturated heterocycles. The van der Waals surface area contributed by atoms with Gasteiger partial charge >= 0.3 is 0 Å². The number of nitrogens with zero attached hydrogens (tertiary/aromatic N) is 1. The highest BCUT2D eigenvalue weighted by Gasteiger charge is 2.13. The zero-order valence-corrected chi connectivity index (χ0v) is 9.87. The Morgan fingerprint density at radius 2 is 1.79 bits per heavy atom. The maximum absolute atomic E-state index is 9.57. The summed E-state index contributed by atoms with van der Waals surface area (Å²) in [6.07, 6.45) is 0. The van der Waals surface area contributed by atoms with Gasteiger partial charge in [0.15, 0.2) is 5.75 Å². The third-order valence-electron chi connectivity index (χ3n) is 1.46. The number of aromatic hydroxyl groups is 1. The third-order valence-corrected chi connectivity index (χ3v) is 2.52. The highest BCUT2D eigenvalue weighted by molar-refractivity contribution is 6.45. The molecule has 0 saturated carbocycles. The Labute approximate surface area is 97.1 Å². The minimum atomic E-state index is -0.151. The topological polar surface area (TPSA) is 32.6 Å². The van der Waals surface area contributed by atoms with Gasteiger partial charge in [-0.15, -0.1) is 0 Å². The molecule has 76 valence electrons. The van der Waals surface area contributed by atoms with E-state index in [0.29, 0.717) is 0 Å². The van der Waals surface area contributed by atoms with Gasteiger partial charge in [-0.1, -0.05) is 34.8 Å². The van der Waals surface area contributed by atoms with Gasteiger partial charge in [0.05, 0.1) is 15.1 Å². The van der Waals surface area contributed by atoms with Crippen LogP contribution in [-0.4, -0.2) is 10.8 Å². The van der Waals surface area contributed by atoms with Gasteiger partial charge in [-0.25, -0.2) is 0 Å². The van der Waals surface area contributed by atoms with Gasteiger partial charge in [-0.2, -0.15) is 0 Å². The van der Waals surface area contributed by atoms with E-state index in [1.807, 2.05) is 0 Å². The fourth-order valence-electron chi connectivity index (χ4n) is 0.899. The van der Waals surface area contributed by atoms with Crippen molar-refractivity contribution in [2.75, 3.05) is 0 Å². The molecule has 0 aliphatic heterocycles. The molecule has 0 unspecified atom stereocenters. The van der Waals surface area contributed by atoms with E-state index >= 15 is 0 Å². The minimum absolute atomic E-state index is 0.138. The van der Waals surface area contributed by atoms with Gasteiger partial charge in [-0.05, 0) is 19.9 Å². The quantitative estimate of drug-likeness (QED) is 0.581. The van der Waals surface area contributed by atoms with Crippen LogP contribution in [0.1, 0.15) is 13.8 Å². The second-order valence-corrected chi connectivity index (χ2v) is 4.10. The van der Waals surface area contributed by atoms with Crippen molar-refractivity contribution in [1.82, 2.24) is 0 Å². The van der Waals surface area contributed by atoms with Crippen LogP contribution in [0, 0.1) is 0 Å². The first kappa shape index (κ1) is 11.6. The molecule has 0 amide bonds. The van der Waals surface area contributed by atoms with Crippen molar-refractivity contribution in [2.45, 2.75) is 13.8 Å². The van der Waals surface area contributed by atoms with Gasteiger partial charge in [0.25, 0.3) is 0 Å². The summed E-state index contributed by atoms with van der Waals surface area (Å²) in [4.78, 5) is 4.05. The zero-order valence-electron chi connectivity index (χ0n) is 7.61. The molecular formula is C9H8Cl3NO. The van der Waals surface area contributed by atoms with Crippen molar-refractivity contribution < 1.29 is 5.11 Å². The summed E-state index contributed by atoms with van der Waals surface area (Å²) in [5, 5.41) is 10.2. The smallest absolute Gasteiger partial charge is 0.161 e. The van der Waals surface area contributed by atoms with Gasteiger partial charge < -0.3 is 5.11 Å². The molecule has 14 heavy (non-hydrogen) atoms. The Balaban J connectivity index is 3.47. The van der Waals surface area contributed by atoms with E-state index in [-0.39, 0.29) is 26.5 Å². The first-order valence-electron chi connectivity index (χ1n) is 3.82. The predicted molar refractivity (Wildman–Crippen MR) is 61.6 cm³/mol. The molecule has 2 nitrogen and oxygen atoms in total. The summed E-state index contributed by atoms with van der Waals surface area (Å²) in [5.74, 6) is -0.151. The monoisotopic (exact) mass is 251 g/mol. The number of phenols is 1. The zero-order chi connectivity index (χ0) is 10.9. The lowest BCUT2D eigenvalue weighted by molar-refractivity contribution is 0.477. The predicted octanol–water partition coefficient (Wildman–Crippen LogP) is 4.46. The number of aliphatic imine (C=N–C) groups is 1. The van der Waals surface area contributed by atoms with Crippen LogP contribution in [0.2, 0.25) is 15.1 Å². The van der Waals surface area contributed by atoms with Gasteiger partial charge in [0, 0.05) is 5.71 Å². The normalized spacial score (nSPS) is 10.1. The molecule has 0 spiro atoms. The largest absolute Gasteiger partial charge is 0.504 e. The van der Waals surface area contributed by atoms with Gasteiger partial charge in [0.1, 0.15) is 5.69 Å². The fourth-order valence-corrected chi connectivity index (χ4v) is 1.54. The molecular weight excluding hydrogens is 244 g/mol. The molecule has 1 rings (SSSR count). The summed E-state index contributed by atoms with van der Waals surface area (Å²) in [5.41, 5.74) is 0.963. The third kappa shape index (κ3) is 2.32. The highest BCUT2D eigenvalue weighted by Crippen LogP contribution is 2.44. The number of rotatable bonds is 1. The van der Waals surface area contributed by atoms with E-state index in [0.717, 1.165) is 5.71 Å². The first-order valence-corrected chi connectivity index (χ1v) is 4.95. The second kappa shape index (κ2) is 4.39. The molecule has 0 atom stereocenters. The average molecular weight is 253 g/mol. The molecule has 0 bridgehead atoms. The molecule has 1 aromatic carbocycles. The van der Waals surface area contributed by atoms with Gasteiger partial charge in [-0.3, -0.25) is 4.99 Å². The number of benzene rings is 1. The molecule has 0 radical (unpaired) electrons. The molecule has 0 aliphatic carbocycles. The number of phenolic OH excluding ortho intramolecular Hbond substituents is 1. The van der Waals surface area contributed by atoms with Gasteiger partial charge in [0.2, 0.25) is 0 Å². The Morgan fingerprint density at radius 1 is 1.21 bits per heavy atom. The van der Waals surface area contributed by atoms with Crippen molar-refractivity contribution in [3.05, 3.63) is 21.1 Å². The number of halogens is 3. The Kier molecular flexibility index (Phi) is 3.65. The summed E-state index contributed by atoms with van der Waals surface area (Å²) in [7, 11) is 0. The summed E-state index contributed by atoms with van der Waals surface area (Å²) in [6.45, 7) is 3.56. The Bertz CT molecular complexity index is 371. The van der Waals surface area contributed by atoms with Crippen LogP contribution in [0.4, 0.5) is 5.69 Å². The van der Waals surface area contributed by atoms with Crippen molar-refractivity contribution in [1.29, 1.82) is 0 Å². The molecule has 0 aliphatic rings. The molecule has 1 aromatic rings. The van der Waals surface area contributed by atoms with Crippen molar-refractivity contribution in [2.24, 2.45) is 4.99 Å². The van der Waals surface area contributed by atoms with Crippen molar-refractivity contribution in [3.8, 4) is 5.75 Å². The van der Waals surface area contributed by atoms with Crippen LogP contribution in [0.25, 0.3) is 0 Å². The second-order valence-electron chi connectivity index (χ2n) is 2.91. The minimum Gasteiger partial charge on any atom is -0.504 e. The lowest BCUT2D eigenvalue weighted by atomic mass is 10.3. The van der Waals surface area contributed by atoms with Crippen LogP contribution in [0.3, 0.4) is 0 Å². The van der Waals surface area contributed by atoms with Crippen LogP contribution in [0.5, 0.6) is 5.75 Å². The maximum atomic E-state index is 9.57. The molecule has 5 heteroatoms. The van der Waals surface area contributed by atoms with Crippen LogP contribution >= 0.6 is 34.8 Å².